The Morgan fingerprint density at radius 1 is 1.50 bits per heavy atom. The van der Waals surface area contributed by atoms with Crippen LogP contribution in [0.2, 0.25) is 0 Å². The van der Waals surface area contributed by atoms with Gasteiger partial charge in [0.2, 0.25) is 10.0 Å². The lowest BCUT2D eigenvalue weighted by molar-refractivity contribution is -0.389. The maximum absolute atomic E-state index is 12.4. The molecule has 1 aliphatic rings. The highest BCUT2D eigenvalue weighted by Gasteiger charge is 2.30. The zero-order valence-corrected chi connectivity index (χ0v) is 11.8. The van der Waals surface area contributed by atoms with Crippen molar-refractivity contribution >= 4 is 15.8 Å². The average Bonchev–Trinajstić information content (AvgIpc) is 2.47. The first-order valence-corrected chi connectivity index (χ1v) is 7.67. The second-order valence-electron chi connectivity index (χ2n) is 4.60. The number of nitrogens with one attached hydrogen (secondary N) is 1. The fraction of sp³-hybridized carbons (Fsp3) is 0.545. The smallest absolute Gasteiger partial charge is 0.358 e. The standard InChI is InChI=1S/C11H16N4O4S/c1-12-9-3-2-6-14(8-9)20(18,19)10-4-5-11(13-7-10)15(16)17/h4-5,7,9,12H,2-3,6,8H2,1H3. The van der Waals surface area contributed by atoms with Crippen molar-refractivity contribution in [3.63, 3.8) is 0 Å². The van der Waals surface area contributed by atoms with Crippen molar-refractivity contribution in [2.24, 2.45) is 0 Å². The van der Waals surface area contributed by atoms with Crippen LogP contribution in [0.25, 0.3) is 0 Å². The molecule has 0 bridgehead atoms. The van der Waals surface area contributed by atoms with E-state index in [9.17, 15) is 18.5 Å². The van der Waals surface area contributed by atoms with Crippen LogP contribution in [0.5, 0.6) is 0 Å². The molecule has 8 nitrogen and oxygen atoms in total. The van der Waals surface area contributed by atoms with Crippen LogP contribution in [0.3, 0.4) is 0 Å². The number of nitrogens with zero attached hydrogens (tertiary/aromatic N) is 3. The molecular formula is C11H16N4O4S. The Morgan fingerprint density at radius 2 is 2.25 bits per heavy atom. The van der Waals surface area contributed by atoms with E-state index < -0.39 is 14.9 Å². The van der Waals surface area contributed by atoms with Gasteiger partial charge in [0.05, 0.1) is 0 Å². The molecule has 1 aromatic heterocycles. The Labute approximate surface area is 117 Å². The van der Waals surface area contributed by atoms with Gasteiger partial charge in [0.15, 0.2) is 6.20 Å². The molecule has 20 heavy (non-hydrogen) atoms. The molecular weight excluding hydrogens is 284 g/mol. The second-order valence-corrected chi connectivity index (χ2v) is 6.54. The van der Waals surface area contributed by atoms with Crippen molar-refractivity contribution in [2.75, 3.05) is 20.1 Å². The van der Waals surface area contributed by atoms with Gasteiger partial charge in [0.1, 0.15) is 4.90 Å². The van der Waals surface area contributed by atoms with E-state index in [0.717, 1.165) is 25.1 Å². The monoisotopic (exact) mass is 300 g/mol. The number of hydrogen-bond acceptors (Lipinski definition) is 6. The van der Waals surface area contributed by atoms with E-state index in [1.54, 1.807) is 7.05 Å². The predicted molar refractivity (Wildman–Crippen MR) is 71.7 cm³/mol. The molecule has 2 rings (SSSR count). The Balaban J connectivity index is 2.23. The van der Waals surface area contributed by atoms with Crippen LogP contribution in [0.4, 0.5) is 5.82 Å². The normalized spacial score (nSPS) is 20.8. The molecule has 0 spiro atoms. The number of piperidine rings is 1. The van der Waals surface area contributed by atoms with Gasteiger partial charge in [-0.3, -0.25) is 0 Å². The molecule has 1 unspecified atom stereocenters. The number of aromatic nitrogens is 1. The zero-order valence-electron chi connectivity index (χ0n) is 11.0. The molecule has 0 aliphatic carbocycles. The summed E-state index contributed by atoms with van der Waals surface area (Å²) in [5.74, 6) is -0.365. The van der Waals surface area contributed by atoms with Gasteiger partial charge >= 0.3 is 5.82 Å². The van der Waals surface area contributed by atoms with Crippen molar-refractivity contribution in [3.05, 3.63) is 28.4 Å². The van der Waals surface area contributed by atoms with Crippen LogP contribution in [-0.2, 0) is 10.0 Å². The van der Waals surface area contributed by atoms with Crippen LogP contribution in [0, 0.1) is 10.1 Å². The molecule has 0 radical (unpaired) electrons. The summed E-state index contributed by atoms with van der Waals surface area (Å²) >= 11 is 0. The minimum absolute atomic E-state index is 0.0140. The van der Waals surface area contributed by atoms with Crippen molar-refractivity contribution in [1.29, 1.82) is 0 Å². The molecule has 2 heterocycles. The lowest BCUT2D eigenvalue weighted by atomic mass is 10.1. The molecule has 1 saturated heterocycles. The van der Waals surface area contributed by atoms with E-state index in [2.05, 4.69) is 10.3 Å². The van der Waals surface area contributed by atoms with Crippen molar-refractivity contribution in [2.45, 2.75) is 23.8 Å². The molecule has 1 aliphatic heterocycles. The minimum Gasteiger partial charge on any atom is -0.358 e. The molecule has 110 valence electrons. The summed E-state index contributed by atoms with van der Waals surface area (Å²) in [7, 11) is -1.84. The summed E-state index contributed by atoms with van der Waals surface area (Å²) in [6.07, 6.45) is 2.75. The third kappa shape index (κ3) is 2.94. The Kier molecular flexibility index (Phi) is 4.31. The zero-order chi connectivity index (χ0) is 14.8. The number of likely N-dealkylation sites (N-methyl/N-ethyl adjacent to an activating group) is 1. The number of rotatable bonds is 4. The molecule has 9 heteroatoms. The Morgan fingerprint density at radius 3 is 2.80 bits per heavy atom. The van der Waals surface area contributed by atoms with Crippen LogP contribution >= 0.6 is 0 Å². The predicted octanol–water partition coefficient (Wildman–Crippen LogP) is 0.362. The van der Waals surface area contributed by atoms with Gasteiger partial charge in [-0.2, -0.15) is 4.31 Å². The third-order valence-corrected chi connectivity index (χ3v) is 5.19. The molecule has 1 atom stereocenters. The van der Waals surface area contributed by atoms with Gasteiger partial charge in [0.25, 0.3) is 0 Å². The third-order valence-electron chi connectivity index (χ3n) is 3.34. The first-order valence-electron chi connectivity index (χ1n) is 6.23. The van der Waals surface area contributed by atoms with E-state index in [1.807, 2.05) is 0 Å². The highest BCUT2D eigenvalue weighted by molar-refractivity contribution is 7.89. The van der Waals surface area contributed by atoms with Gasteiger partial charge in [-0.25, -0.2) is 8.42 Å². The topological polar surface area (TPSA) is 105 Å². The van der Waals surface area contributed by atoms with Crippen LogP contribution in [-0.4, -0.2) is 48.8 Å². The van der Waals surface area contributed by atoms with Crippen molar-refractivity contribution in [1.82, 2.24) is 14.6 Å². The molecule has 1 aromatic rings. The Hall–Kier alpha value is -1.58. The summed E-state index contributed by atoms with van der Waals surface area (Å²) in [6, 6.07) is 2.46. The SMILES string of the molecule is CNC1CCCN(S(=O)(=O)c2ccc([N+](=O)[O-])nc2)C1. The van der Waals surface area contributed by atoms with Crippen LogP contribution in [0.1, 0.15) is 12.8 Å². The summed E-state index contributed by atoms with van der Waals surface area (Å²) in [5.41, 5.74) is 0. The van der Waals surface area contributed by atoms with Gasteiger partial charge < -0.3 is 15.4 Å². The lowest BCUT2D eigenvalue weighted by Gasteiger charge is -2.31. The summed E-state index contributed by atoms with van der Waals surface area (Å²) in [6.45, 7) is 0.854. The molecule has 1 fully saturated rings. The van der Waals surface area contributed by atoms with E-state index >= 15 is 0 Å². The quantitative estimate of drug-likeness (QED) is 0.636. The average molecular weight is 300 g/mol. The van der Waals surface area contributed by atoms with Crippen molar-refractivity contribution in [3.8, 4) is 0 Å². The second kappa shape index (κ2) is 5.81. The minimum atomic E-state index is -3.64. The number of pyridine rings is 1. The van der Waals surface area contributed by atoms with Gasteiger partial charge in [-0.05, 0) is 35.9 Å². The van der Waals surface area contributed by atoms with E-state index in [-0.39, 0.29) is 16.8 Å². The highest BCUT2D eigenvalue weighted by Crippen LogP contribution is 2.21. The number of nitro groups is 1. The summed E-state index contributed by atoms with van der Waals surface area (Å²) < 4.78 is 26.2. The lowest BCUT2D eigenvalue weighted by Crippen LogP contribution is -2.46. The first-order chi connectivity index (χ1) is 9.45. The van der Waals surface area contributed by atoms with E-state index in [0.29, 0.717) is 13.1 Å². The van der Waals surface area contributed by atoms with Crippen LogP contribution in [0.15, 0.2) is 23.2 Å². The van der Waals surface area contributed by atoms with Crippen LogP contribution < -0.4 is 5.32 Å². The maximum Gasteiger partial charge on any atom is 0.363 e. The largest absolute Gasteiger partial charge is 0.363 e. The summed E-state index contributed by atoms with van der Waals surface area (Å²) in [4.78, 5) is 13.4. The number of sulfonamides is 1. The first kappa shape index (κ1) is 14.8. The van der Waals surface area contributed by atoms with E-state index in [1.165, 1.54) is 10.4 Å². The van der Waals surface area contributed by atoms with Gasteiger partial charge in [-0.15, -0.1) is 0 Å². The molecule has 1 N–H and O–H groups in total. The van der Waals surface area contributed by atoms with E-state index in [4.69, 9.17) is 0 Å². The van der Waals surface area contributed by atoms with Gasteiger partial charge in [0, 0.05) is 25.2 Å². The maximum atomic E-state index is 12.4. The van der Waals surface area contributed by atoms with Gasteiger partial charge in [-0.1, -0.05) is 0 Å². The molecule has 0 aromatic carbocycles. The fourth-order valence-electron chi connectivity index (χ4n) is 2.18. The molecule has 0 saturated carbocycles. The summed E-state index contributed by atoms with van der Waals surface area (Å²) in [5, 5.41) is 13.6. The fourth-order valence-corrected chi connectivity index (χ4v) is 3.65. The number of hydrogen-bond donors (Lipinski definition) is 1. The molecule has 0 amide bonds. The highest BCUT2D eigenvalue weighted by atomic mass is 32.2. The van der Waals surface area contributed by atoms with Crippen molar-refractivity contribution < 1.29 is 13.3 Å². The Bertz CT molecular complexity index is 587.